The predicted octanol–water partition coefficient (Wildman–Crippen LogP) is 1.31. The first-order chi connectivity index (χ1) is 29.0. The van der Waals surface area contributed by atoms with Gasteiger partial charge in [-0.2, -0.15) is 0 Å². The van der Waals surface area contributed by atoms with Crippen molar-refractivity contribution in [2.45, 2.75) is 148 Å². The summed E-state index contributed by atoms with van der Waals surface area (Å²) >= 11 is 0. The van der Waals surface area contributed by atoms with Crippen LogP contribution < -0.4 is 16.0 Å². The maximum Gasteiger partial charge on any atom is 0.248 e. The third kappa shape index (κ3) is 14.0. The molecular formula is C45H72N8O9. The molecule has 62 heavy (non-hydrogen) atoms. The SMILES string of the molecule is CC(C)C[C@H]1C(=O)N[C@H](C(=O)N2CCCCC2)CC(=O)NC(C)CC(=O)N(C)[C@@H](C)C(=O)N(C)[C@@H](Cc2ccccc2)C(=O)N(C)[C@@H](CC(C)C)C(=O)N[C@@H]([C@@H](C)O)C(=O)N1C. The van der Waals surface area contributed by atoms with E-state index in [0.29, 0.717) is 13.1 Å². The highest BCUT2D eigenvalue weighted by molar-refractivity contribution is 5.98. The monoisotopic (exact) mass is 869 g/mol. The summed E-state index contributed by atoms with van der Waals surface area (Å²) in [5.74, 6) is -5.11. The number of hydrogen-bond acceptors (Lipinski definition) is 9. The fraction of sp³-hybridized carbons (Fsp3) is 0.689. The Kier molecular flexibility index (Phi) is 19.4. The molecule has 2 heterocycles. The number of nitrogens with one attached hydrogen (secondary N) is 3. The zero-order valence-electron chi connectivity index (χ0n) is 38.7. The zero-order valence-corrected chi connectivity index (χ0v) is 38.7. The molecule has 17 heteroatoms. The highest BCUT2D eigenvalue weighted by Gasteiger charge is 2.41. The molecule has 17 nitrogen and oxygen atoms in total. The number of benzene rings is 1. The van der Waals surface area contributed by atoms with Gasteiger partial charge in [0.2, 0.25) is 47.3 Å². The van der Waals surface area contributed by atoms with Crippen molar-refractivity contribution in [2.24, 2.45) is 11.8 Å². The summed E-state index contributed by atoms with van der Waals surface area (Å²) in [5.41, 5.74) is 0.741. The minimum Gasteiger partial charge on any atom is -0.391 e. The molecule has 2 aliphatic rings. The van der Waals surface area contributed by atoms with Crippen LogP contribution in [0.15, 0.2) is 30.3 Å². The van der Waals surface area contributed by atoms with E-state index in [1.165, 1.54) is 49.8 Å². The van der Waals surface area contributed by atoms with Gasteiger partial charge in [0.1, 0.15) is 36.3 Å². The largest absolute Gasteiger partial charge is 0.391 e. The van der Waals surface area contributed by atoms with Crippen LogP contribution >= 0.6 is 0 Å². The second-order valence-electron chi connectivity index (χ2n) is 18.1. The van der Waals surface area contributed by atoms with Crippen LogP contribution in [0.25, 0.3) is 0 Å². The minimum atomic E-state index is -1.55. The Labute approximate surface area is 367 Å². The lowest BCUT2D eigenvalue weighted by Crippen LogP contribution is -2.62. The molecule has 2 fully saturated rings. The van der Waals surface area contributed by atoms with Gasteiger partial charge in [0.15, 0.2) is 0 Å². The average Bonchev–Trinajstić information content (AvgIpc) is 3.22. The van der Waals surface area contributed by atoms with Gasteiger partial charge in [0.05, 0.1) is 12.5 Å². The van der Waals surface area contributed by atoms with Crippen LogP contribution in [-0.2, 0) is 44.8 Å². The molecule has 0 aromatic heterocycles. The Balaban J connectivity index is 2.16. The van der Waals surface area contributed by atoms with E-state index in [1.54, 1.807) is 30.9 Å². The van der Waals surface area contributed by atoms with Crippen LogP contribution in [0.1, 0.15) is 99.0 Å². The number of piperidine rings is 1. The number of aliphatic hydroxyl groups excluding tert-OH is 1. The number of nitrogens with zero attached hydrogens (tertiary/aromatic N) is 5. The molecule has 2 aliphatic heterocycles. The zero-order chi connectivity index (χ0) is 46.6. The number of hydrogen-bond donors (Lipinski definition) is 4. The van der Waals surface area contributed by atoms with Gasteiger partial charge in [-0.15, -0.1) is 0 Å². The Morgan fingerprint density at radius 2 is 1.18 bits per heavy atom. The predicted molar refractivity (Wildman–Crippen MR) is 234 cm³/mol. The molecule has 4 N–H and O–H groups in total. The van der Waals surface area contributed by atoms with Crippen molar-refractivity contribution in [3.05, 3.63) is 35.9 Å². The fourth-order valence-corrected chi connectivity index (χ4v) is 8.01. The van der Waals surface area contributed by atoms with Crippen LogP contribution in [-0.4, -0.2) is 167 Å². The molecule has 8 atom stereocenters. The molecule has 1 unspecified atom stereocenters. The van der Waals surface area contributed by atoms with Gasteiger partial charge in [-0.05, 0) is 70.3 Å². The number of aliphatic hydroxyl groups is 1. The van der Waals surface area contributed by atoms with Crippen molar-refractivity contribution >= 4 is 47.3 Å². The molecule has 0 spiro atoms. The Morgan fingerprint density at radius 3 is 1.71 bits per heavy atom. The Hall–Kier alpha value is -5.06. The number of likely N-dealkylation sites (N-methyl/N-ethyl adjacent to an activating group) is 4. The first kappa shape index (κ1) is 51.3. The van der Waals surface area contributed by atoms with E-state index in [4.69, 9.17) is 0 Å². The van der Waals surface area contributed by atoms with E-state index in [-0.39, 0.29) is 37.5 Å². The van der Waals surface area contributed by atoms with Crippen LogP contribution in [0, 0.1) is 11.8 Å². The third-order valence-corrected chi connectivity index (χ3v) is 11.9. The van der Waals surface area contributed by atoms with Crippen molar-refractivity contribution < 1.29 is 43.5 Å². The van der Waals surface area contributed by atoms with E-state index >= 15 is 0 Å². The molecular weight excluding hydrogens is 797 g/mol. The summed E-state index contributed by atoms with van der Waals surface area (Å²) in [7, 11) is 5.77. The van der Waals surface area contributed by atoms with Gasteiger partial charge in [-0.25, -0.2) is 0 Å². The molecule has 8 amide bonds. The van der Waals surface area contributed by atoms with E-state index < -0.39 is 102 Å². The summed E-state index contributed by atoms with van der Waals surface area (Å²) in [5, 5.41) is 19.2. The molecule has 0 bridgehead atoms. The summed E-state index contributed by atoms with van der Waals surface area (Å²) < 4.78 is 0. The molecule has 346 valence electrons. The molecule has 0 saturated carbocycles. The van der Waals surface area contributed by atoms with Crippen LogP contribution in [0.4, 0.5) is 0 Å². The first-order valence-electron chi connectivity index (χ1n) is 22.0. The van der Waals surface area contributed by atoms with Gasteiger partial charge in [-0.3, -0.25) is 38.4 Å². The highest BCUT2D eigenvalue weighted by Crippen LogP contribution is 2.21. The summed E-state index contributed by atoms with van der Waals surface area (Å²) in [4.78, 5) is 120. The maximum atomic E-state index is 14.7. The van der Waals surface area contributed by atoms with Crippen LogP contribution in [0.3, 0.4) is 0 Å². The van der Waals surface area contributed by atoms with Crippen molar-refractivity contribution in [3.8, 4) is 0 Å². The highest BCUT2D eigenvalue weighted by atomic mass is 16.3. The molecule has 1 aromatic carbocycles. The smallest absolute Gasteiger partial charge is 0.248 e. The van der Waals surface area contributed by atoms with Crippen molar-refractivity contribution in [1.29, 1.82) is 0 Å². The second-order valence-corrected chi connectivity index (χ2v) is 18.1. The second kappa shape index (κ2) is 23.4. The summed E-state index contributed by atoms with van der Waals surface area (Å²) in [6.45, 7) is 12.8. The number of carbonyl (C=O) groups is 8. The van der Waals surface area contributed by atoms with E-state index in [0.717, 1.165) is 29.7 Å². The maximum absolute atomic E-state index is 14.7. The number of amides is 8. The first-order valence-corrected chi connectivity index (χ1v) is 22.0. The van der Waals surface area contributed by atoms with Gasteiger partial charge in [-0.1, -0.05) is 58.0 Å². The van der Waals surface area contributed by atoms with E-state index in [1.807, 2.05) is 45.9 Å². The lowest BCUT2D eigenvalue weighted by molar-refractivity contribution is -0.152. The van der Waals surface area contributed by atoms with Crippen molar-refractivity contribution in [2.75, 3.05) is 41.3 Å². The lowest BCUT2D eigenvalue weighted by Gasteiger charge is -2.38. The average molecular weight is 869 g/mol. The molecule has 0 radical (unpaired) electrons. The lowest BCUT2D eigenvalue weighted by atomic mass is 9.97. The molecule has 2 saturated heterocycles. The van der Waals surface area contributed by atoms with Gasteiger partial charge in [0.25, 0.3) is 0 Å². The number of rotatable bonds is 8. The number of likely N-dealkylation sites (tertiary alicyclic amines) is 1. The van der Waals surface area contributed by atoms with Crippen molar-refractivity contribution in [3.63, 3.8) is 0 Å². The van der Waals surface area contributed by atoms with Gasteiger partial charge < -0.3 is 45.6 Å². The normalized spacial score (nSPS) is 27.0. The fourth-order valence-electron chi connectivity index (χ4n) is 8.01. The summed E-state index contributed by atoms with van der Waals surface area (Å²) in [6.07, 6.45) is 0.741. The quantitative estimate of drug-likeness (QED) is 0.297. The minimum absolute atomic E-state index is 0.0792. The van der Waals surface area contributed by atoms with Crippen LogP contribution in [0.5, 0.6) is 0 Å². The Morgan fingerprint density at radius 1 is 0.661 bits per heavy atom. The number of carbonyl (C=O) groups excluding carboxylic acids is 8. The molecule has 0 aliphatic carbocycles. The third-order valence-electron chi connectivity index (χ3n) is 11.9. The Bertz CT molecular complexity index is 1730. The van der Waals surface area contributed by atoms with Crippen LogP contribution in [0.2, 0.25) is 0 Å². The molecule has 3 rings (SSSR count). The van der Waals surface area contributed by atoms with Crippen molar-refractivity contribution in [1.82, 2.24) is 40.4 Å². The molecule has 1 aromatic rings. The van der Waals surface area contributed by atoms with E-state index in [2.05, 4.69) is 16.0 Å². The van der Waals surface area contributed by atoms with E-state index in [9.17, 15) is 43.5 Å². The topological polar surface area (TPSA) is 209 Å². The standard InChI is InChI=1S/C45H72N8O9/c1-27(2)22-34-40(57)47-33(43(60)53-20-16-13-17-21-53)26-37(55)46-29(5)24-38(56)49(8)30(6)42(59)52(11)36(25-32-18-14-12-15-19-32)44(61)50(9)35(23-28(3)4)41(58)48-39(31(7)54)45(62)51(34)10/h12,14-15,18-19,27-31,33-36,39,54H,13,16-17,20-26H2,1-11H3,(H,46,55)(H,47,57)(H,48,58)/t29?,30-,31+,33-,34-,35-,36-,39-/m0/s1. The summed E-state index contributed by atoms with van der Waals surface area (Å²) in [6, 6.07) is 0.965. The van der Waals surface area contributed by atoms with Gasteiger partial charge in [0, 0.05) is 60.2 Å². The van der Waals surface area contributed by atoms with Gasteiger partial charge >= 0.3 is 0 Å².